The normalized spacial score (nSPS) is 27.1. The standard InChI is InChI=1S/C31H44O9/c1-3-20(8-7-19(2)32)16-37-29(34)23-13-24(30(35)38-17-21-5-4-6-26(33)11-21)15-25(14-23)31(36)39-18-22-9-10-27-28(12-22)40-27/h13-15,19-22,26-28,32-33H,3-12,16-18H2,1-2H3. The Balaban J connectivity index is 1.42. The van der Waals surface area contributed by atoms with Crippen molar-refractivity contribution in [3.05, 3.63) is 34.9 Å². The number of carbonyl (C=O) groups is 3. The van der Waals surface area contributed by atoms with Crippen LogP contribution in [0.2, 0.25) is 0 Å². The number of epoxide rings is 1. The van der Waals surface area contributed by atoms with Crippen LogP contribution in [-0.2, 0) is 18.9 Å². The molecule has 222 valence electrons. The first kappa shape index (κ1) is 30.5. The molecule has 2 N–H and O–H groups in total. The summed E-state index contributed by atoms with van der Waals surface area (Å²) >= 11 is 0. The van der Waals surface area contributed by atoms with E-state index in [9.17, 15) is 24.6 Å². The van der Waals surface area contributed by atoms with Crippen molar-refractivity contribution in [3.63, 3.8) is 0 Å². The highest BCUT2D eigenvalue weighted by molar-refractivity contribution is 6.00. The van der Waals surface area contributed by atoms with Crippen molar-refractivity contribution in [2.45, 2.75) is 102 Å². The lowest BCUT2D eigenvalue weighted by atomic mass is 9.88. The van der Waals surface area contributed by atoms with Gasteiger partial charge in [-0.3, -0.25) is 0 Å². The third-order valence-corrected chi connectivity index (χ3v) is 8.43. The van der Waals surface area contributed by atoms with Crippen molar-refractivity contribution in [3.8, 4) is 0 Å². The van der Waals surface area contributed by atoms with Crippen molar-refractivity contribution >= 4 is 17.9 Å². The van der Waals surface area contributed by atoms with E-state index in [-0.39, 0.29) is 66.5 Å². The molecule has 0 bridgehead atoms. The Morgan fingerprint density at radius 1 is 0.850 bits per heavy atom. The molecule has 9 heteroatoms. The van der Waals surface area contributed by atoms with E-state index in [1.165, 1.54) is 18.2 Å². The molecule has 9 nitrogen and oxygen atoms in total. The maximum Gasteiger partial charge on any atom is 0.338 e. The maximum absolute atomic E-state index is 13.0. The fourth-order valence-electron chi connectivity index (χ4n) is 5.75. The van der Waals surface area contributed by atoms with Gasteiger partial charge in [0.2, 0.25) is 0 Å². The molecule has 7 unspecified atom stereocenters. The quantitative estimate of drug-likeness (QED) is 0.204. The van der Waals surface area contributed by atoms with E-state index in [0.29, 0.717) is 18.9 Å². The van der Waals surface area contributed by atoms with Crippen LogP contribution in [0.25, 0.3) is 0 Å². The summed E-state index contributed by atoms with van der Waals surface area (Å²) in [6.45, 7) is 4.32. The molecule has 7 atom stereocenters. The Kier molecular flexibility index (Phi) is 11.0. The molecule has 0 spiro atoms. The van der Waals surface area contributed by atoms with Gasteiger partial charge < -0.3 is 29.2 Å². The molecule has 40 heavy (non-hydrogen) atoms. The fourth-order valence-corrected chi connectivity index (χ4v) is 5.75. The Morgan fingerprint density at radius 2 is 1.45 bits per heavy atom. The zero-order chi connectivity index (χ0) is 28.6. The van der Waals surface area contributed by atoms with Crippen molar-refractivity contribution in [2.75, 3.05) is 19.8 Å². The monoisotopic (exact) mass is 560 g/mol. The summed E-state index contributed by atoms with van der Waals surface area (Å²) in [7, 11) is 0. The molecule has 1 aromatic carbocycles. The molecule has 2 aliphatic carbocycles. The molecule has 0 aromatic heterocycles. The first-order valence-corrected chi connectivity index (χ1v) is 14.9. The van der Waals surface area contributed by atoms with Crippen molar-refractivity contribution in [1.82, 2.24) is 0 Å². The fraction of sp³-hybridized carbons (Fsp3) is 0.710. The Bertz CT molecular complexity index is 982. The lowest BCUT2D eigenvalue weighted by Crippen LogP contribution is -2.24. The summed E-state index contributed by atoms with van der Waals surface area (Å²) in [6, 6.07) is 4.19. The largest absolute Gasteiger partial charge is 0.462 e. The highest BCUT2D eigenvalue weighted by Crippen LogP contribution is 2.39. The van der Waals surface area contributed by atoms with Gasteiger partial charge >= 0.3 is 17.9 Å². The van der Waals surface area contributed by atoms with Gasteiger partial charge in [-0.15, -0.1) is 0 Å². The first-order valence-electron chi connectivity index (χ1n) is 14.9. The molecule has 0 radical (unpaired) electrons. The predicted octanol–water partition coefficient (Wildman–Crippen LogP) is 4.46. The first-order chi connectivity index (χ1) is 19.2. The molecule has 3 aliphatic rings. The Hall–Kier alpha value is -2.49. The van der Waals surface area contributed by atoms with Crippen molar-refractivity contribution < 1.29 is 43.5 Å². The third-order valence-electron chi connectivity index (χ3n) is 8.43. The summed E-state index contributed by atoms with van der Waals surface area (Å²) in [5.41, 5.74) is 0.240. The van der Waals surface area contributed by atoms with E-state index < -0.39 is 24.0 Å². The van der Waals surface area contributed by atoms with Gasteiger partial charge in [0.05, 0.1) is 60.9 Å². The highest BCUT2D eigenvalue weighted by Gasteiger charge is 2.44. The second kappa shape index (κ2) is 14.4. The molecule has 2 saturated carbocycles. The van der Waals surface area contributed by atoms with Crippen LogP contribution >= 0.6 is 0 Å². The summed E-state index contributed by atoms with van der Waals surface area (Å²) in [5, 5.41) is 19.5. The highest BCUT2D eigenvalue weighted by atomic mass is 16.6. The molecule has 1 heterocycles. The van der Waals surface area contributed by atoms with Gasteiger partial charge in [-0.1, -0.05) is 19.8 Å². The Morgan fingerprint density at radius 3 is 2.00 bits per heavy atom. The number of hydrogen-bond acceptors (Lipinski definition) is 9. The van der Waals surface area contributed by atoms with Crippen molar-refractivity contribution in [1.29, 1.82) is 0 Å². The van der Waals surface area contributed by atoms with Crippen LogP contribution in [-0.4, -0.2) is 72.4 Å². The molecule has 1 saturated heterocycles. The van der Waals surface area contributed by atoms with Gasteiger partial charge in [0.15, 0.2) is 0 Å². The van der Waals surface area contributed by atoms with Crippen molar-refractivity contribution in [2.24, 2.45) is 17.8 Å². The minimum Gasteiger partial charge on any atom is -0.462 e. The van der Waals surface area contributed by atoms with Crippen LogP contribution < -0.4 is 0 Å². The zero-order valence-corrected chi connectivity index (χ0v) is 23.7. The number of ether oxygens (including phenoxy) is 4. The van der Waals surface area contributed by atoms with Crippen LogP contribution in [0.3, 0.4) is 0 Å². The summed E-state index contributed by atoms with van der Waals surface area (Å²) in [5.74, 6) is -1.50. The molecular formula is C31H44O9. The van der Waals surface area contributed by atoms with Gasteiger partial charge in [0.25, 0.3) is 0 Å². The van der Waals surface area contributed by atoms with E-state index in [1.807, 2.05) is 6.92 Å². The van der Waals surface area contributed by atoms with E-state index in [1.54, 1.807) is 6.92 Å². The zero-order valence-electron chi connectivity index (χ0n) is 23.7. The number of benzene rings is 1. The van der Waals surface area contributed by atoms with E-state index in [4.69, 9.17) is 18.9 Å². The van der Waals surface area contributed by atoms with Gasteiger partial charge in [0, 0.05) is 0 Å². The van der Waals surface area contributed by atoms with Crippen LogP contribution in [0, 0.1) is 17.8 Å². The molecule has 4 rings (SSSR count). The topological polar surface area (TPSA) is 132 Å². The lowest BCUT2D eigenvalue weighted by Gasteiger charge is -2.25. The smallest absolute Gasteiger partial charge is 0.338 e. The van der Waals surface area contributed by atoms with Crippen LogP contribution in [0.15, 0.2) is 18.2 Å². The number of rotatable bonds is 13. The number of aliphatic hydroxyl groups excluding tert-OH is 2. The van der Waals surface area contributed by atoms with Crippen LogP contribution in [0.5, 0.6) is 0 Å². The number of carbonyl (C=O) groups excluding carboxylic acids is 3. The second-order valence-electron chi connectivity index (χ2n) is 11.9. The van der Waals surface area contributed by atoms with Crippen LogP contribution in [0.1, 0.15) is 109 Å². The number of aliphatic hydroxyl groups is 2. The summed E-state index contributed by atoms with van der Waals surface area (Å²) in [6.07, 6.45) is 7.80. The van der Waals surface area contributed by atoms with E-state index in [0.717, 1.165) is 51.4 Å². The van der Waals surface area contributed by atoms with Gasteiger partial charge in [-0.25, -0.2) is 14.4 Å². The SMILES string of the molecule is CCC(CCC(C)O)COC(=O)c1cc(C(=O)OCC2CCCC(O)C2)cc(C(=O)OCC2CCC3OC3C2)c1. The molecule has 1 aliphatic heterocycles. The van der Waals surface area contributed by atoms with Crippen LogP contribution in [0.4, 0.5) is 0 Å². The summed E-state index contributed by atoms with van der Waals surface area (Å²) < 4.78 is 22.2. The minimum atomic E-state index is -0.642. The third kappa shape index (κ3) is 9.01. The average molecular weight is 561 g/mol. The second-order valence-corrected chi connectivity index (χ2v) is 11.9. The number of hydrogen-bond donors (Lipinski definition) is 2. The minimum absolute atomic E-state index is 0.0726. The Labute approximate surface area is 236 Å². The molecule has 1 aromatic rings. The number of esters is 3. The number of fused-ring (bicyclic) bond motifs is 1. The molecular weight excluding hydrogens is 516 g/mol. The van der Waals surface area contributed by atoms with Gasteiger partial charge in [0.1, 0.15) is 0 Å². The lowest BCUT2D eigenvalue weighted by molar-refractivity contribution is 0.0291. The van der Waals surface area contributed by atoms with Gasteiger partial charge in [-0.2, -0.15) is 0 Å². The van der Waals surface area contributed by atoms with E-state index >= 15 is 0 Å². The summed E-state index contributed by atoms with van der Waals surface area (Å²) in [4.78, 5) is 39.0. The predicted molar refractivity (Wildman–Crippen MR) is 146 cm³/mol. The van der Waals surface area contributed by atoms with Gasteiger partial charge in [-0.05, 0) is 94.2 Å². The molecule has 0 amide bonds. The maximum atomic E-state index is 13.0. The van der Waals surface area contributed by atoms with E-state index in [2.05, 4.69) is 0 Å². The average Bonchev–Trinajstić information content (AvgIpc) is 3.73. The molecule has 3 fully saturated rings.